The number of aromatic hydroxyl groups is 1. The maximum Gasteiger partial charge on any atom is 0.299 e. The predicted molar refractivity (Wildman–Crippen MR) is 203 cm³/mol. The van der Waals surface area contributed by atoms with Gasteiger partial charge in [0.1, 0.15) is 16.1 Å². The molecular formula is C37H58N4O10S2. The number of aromatic nitrogens is 1. The molecule has 1 unspecified atom stereocenters. The van der Waals surface area contributed by atoms with Gasteiger partial charge in [0.05, 0.1) is 18.1 Å². The molecule has 0 bridgehead atoms. The van der Waals surface area contributed by atoms with E-state index in [4.69, 9.17) is 8.37 Å². The molecule has 0 spiro atoms. The van der Waals surface area contributed by atoms with Gasteiger partial charge in [-0.3, -0.25) is 22.7 Å². The average molecular weight is 783 g/mol. The van der Waals surface area contributed by atoms with Gasteiger partial charge < -0.3 is 10.0 Å². The van der Waals surface area contributed by atoms with Crippen LogP contribution in [0.1, 0.15) is 139 Å². The summed E-state index contributed by atoms with van der Waals surface area (Å²) in [7, 11) is -8.86. The molecule has 16 heteroatoms. The van der Waals surface area contributed by atoms with Gasteiger partial charge in [0.15, 0.2) is 5.69 Å². The van der Waals surface area contributed by atoms with Gasteiger partial charge in [-0.1, -0.05) is 85.5 Å². The van der Waals surface area contributed by atoms with Crippen molar-refractivity contribution in [2.24, 2.45) is 16.1 Å². The second kappa shape index (κ2) is 22.0. The summed E-state index contributed by atoms with van der Waals surface area (Å²) in [5.74, 6) is -2.32. The number of unbranched alkanes of at least 4 members (excludes halogenated alkanes) is 7. The van der Waals surface area contributed by atoms with Gasteiger partial charge in [-0.15, -0.1) is 10.2 Å². The Morgan fingerprint density at radius 3 is 1.96 bits per heavy atom. The zero-order valence-corrected chi connectivity index (χ0v) is 34.0. The molecule has 14 nitrogen and oxygen atoms in total. The topological polar surface area (TPSA) is 191 Å². The first-order chi connectivity index (χ1) is 25.1. The van der Waals surface area contributed by atoms with Crippen LogP contribution < -0.4 is 5.56 Å². The Balaban J connectivity index is 2.75. The Bertz CT molecular complexity index is 1840. The fourth-order valence-electron chi connectivity index (χ4n) is 5.74. The second-order valence-corrected chi connectivity index (χ2v) is 16.3. The largest absolute Gasteiger partial charge is 0.492 e. The first-order valence-electron chi connectivity index (χ1n) is 18.7. The lowest BCUT2D eigenvalue weighted by molar-refractivity contribution is 0.0729. The van der Waals surface area contributed by atoms with Gasteiger partial charge in [-0.2, -0.15) is 16.8 Å². The van der Waals surface area contributed by atoms with Crippen LogP contribution in [0.3, 0.4) is 0 Å². The molecule has 0 aliphatic rings. The number of hydrogen-bond acceptors (Lipinski definition) is 12. The summed E-state index contributed by atoms with van der Waals surface area (Å²) in [6, 6.07) is 3.03. The standard InChI is InChI=1S/C37H58N4O10S2/c1-8-13-16-18-23-50-52(46,47)30-21-22-32(53(48,49)51-24-19-17-14-9-2)31(25-30)38-39-34-27(6)33(36(44)41(28(7)42)37(34)45)35(43)40(12-5)26-29(11-4)20-15-10-3/h21-22,25,29,45H,8-20,23-24,26H2,1-7H3/b39-38+. The Labute approximate surface area is 315 Å². The molecule has 2 rings (SSSR count). The maximum absolute atomic E-state index is 14.0. The fraction of sp³-hybridized carbons (Fsp3) is 0.649. The summed E-state index contributed by atoms with van der Waals surface area (Å²) in [6.07, 6.45) is 9.78. The zero-order chi connectivity index (χ0) is 39.8. The van der Waals surface area contributed by atoms with Gasteiger partial charge in [0.2, 0.25) is 11.8 Å². The Hall–Kier alpha value is -3.47. The number of benzene rings is 1. The monoisotopic (exact) mass is 782 g/mol. The van der Waals surface area contributed by atoms with E-state index in [-0.39, 0.29) is 31.2 Å². The molecule has 0 aliphatic heterocycles. The number of hydrogen-bond donors (Lipinski definition) is 1. The van der Waals surface area contributed by atoms with E-state index in [1.165, 1.54) is 11.8 Å². The molecule has 53 heavy (non-hydrogen) atoms. The van der Waals surface area contributed by atoms with Crippen molar-refractivity contribution in [3.8, 4) is 5.88 Å². The van der Waals surface area contributed by atoms with E-state index in [2.05, 4.69) is 17.2 Å². The van der Waals surface area contributed by atoms with Crippen molar-refractivity contribution >= 4 is 43.4 Å². The van der Waals surface area contributed by atoms with Crippen molar-refractivity contribution in [2.45, 2.75) is 135 Å². The third-order valence-electron chi connectivity index (χ3n) is 9.01. The SMILES string of the molecule is CCCCCCOS(=O)(=O)c1ccc(S(=O)(=O)OCCCCCC)c(/N=N/c2c(C)c(C(=O)N(CC)CC(CC)CCCC)c(=O)n(C(C)=O)c2O)c1. The van der Waals surface area contributed by atoms with Crippen molar-refractivity contribution in [1.82, 2.24) is 9.47 Å². The van der Waals surface area contributed by atoms with E-state index >= 15 is 0 Å². The summed E-state index contributed by atoms with van der Waals surface area (Å²) in [4.78, 5) is 40.8. The van der Waals surface area contributed by atoms with E-state index in [1.807, 2.05) is 20.8 Å². The molecular weight excluding hydrogens is 725 g/mol. The van der Waals surface area contributed by atoms with Crippen LogP contribution in [0.2, 0.25) is 0 Å². The summed E-state index contributed by atoms with van der Waals surface area (Å²) in [5, 5.41) is 19.2. The minimum Gasteiger partial charge on any atom is -0.492 e. The van der Waals surface area contributed by atoms with Crippen molar-refractivity contribution in [3.05, 3.63) is 39.7 Å². The molecule has 1 aromatic carbocycles. The third kappa shape index (κ3) is 12.8. The van der Waals surface area contributed by atoms with E-state index in [9.17, 15) is 36.3 Å². The lowest BCUT2D eigenvalue weighted by atomic mass is 9.98. The van der Waals surface area contributed by atoms with E-state index < -0.39 is 70.2 Å². The number of carbonyl (C=O) groups excluding carboxylic acids is 2. The Kier molecular flexibility index (Phi) is 19.0. The lowest BCUT2D eigenvalue weighted by Gasteiger charge is -2.27. The molecule has 2 aromatic rings. The molecule has 0 saturated heterocycles. The molecule has 0 radical (unpaired) electrons. The molecule has 0 fully saturated rings. The van der Waals surface area contributed by atoms with Crippen LogP contribution in [0.25, 0.3) is 0 Å². The van der Waals surface area contributed by atoms with Gasteiger partial charge in [-0.05, 0) is 57.2 Å². The highest BCUT2D eigenvalue weighted by molar-refractivity contribution is 7.87. The van der Waals surface area contributed by atoms with E-state index in [0.29, 0.717) is 24.0 Å². The van der Waals surface area contributed by atoms with Crippen LogP contribution in [0.5, 0.6) is 5.88 Å². The van der Waals surface area contributed by atoms with Crippen LogP contribution in [0.4, 0.5) is 11.4 Å². The highest BCUT2D eigenvalue weighted by Crippen LogP contribution is 2.36. The average Bonchev–Trinajstić information content (AvgIpc) is 3.11. The lowest BCUT2D eigenvalue weighted by Crippen LogP contribution is -2.40. The third-order valence-corrected chi connectivity index (χ3v) is 11.7. The molecule has 298 valence electrons. The van der Waals surface area contributed by atoms with Crippen LogP contribution in [0.15, 0.2) is 43.0 Å². The molecule has 0 saturated carbocycles. The minimum absolute atomic E-state index is 0.0804. The first kappa shape index (κ1) is 45.7. The van der Waals surface area contributed by atoms with Gasteiger partial charge in [-0.25, -0.2) is 4.57 Å². The highest BCUT2D eigenvalue weighted by Gasteiger charge is 2.30. The van der Waals surface area contributed by atoms with Crippen molar-refractivity contribution in [1.29, 1.82) is 0 Å². The normalized spacial score (nSPS) is 12.7. The Morgan fingerprint density at radius 1 is 0.849 bits per heavy atom. The zero-order valence-electron chi connectivity index (χ0n) is 32.3. The summed E-state index contributed by atoms with van der Waals surface area (Å²) < 4.78 is 63.9. The number of rotatable bonds is 24. The van der Waals surface area contributed by atoms with Gasteiger partial charge >= 0.3 is 0 Å². The van der Waals surface area contributed by atoms with Crippen LogP contribution in [-0.4, -0.2) is 69.5 Å². The molecule has 0 aliphatic carbocycles. The number of nitrogens with zero attached hydrogens (tertiary/aromatic N) is 4. The van der Waals surface area contributed by atoms with Crippen molar-refractivity contribution < 1.29 is 39.9 Å². The smallest absolute Gasteiger partial charge is 0.299 e. The van der Waals surface area contributed by atoms with Crippen molar-refractivity contribution in [3.63, 3.8) is 0 Å². The molecule has 1 N–H and O–H groups in total. The molecule has 1 amide bonds. The second-order valence-electron chi connectivity index (χ2n) is 13.1. The van der Waals surface area contributed by atoms with Gasteiger partial charge in [0, 0.05) is 25.6 Å². The van der Waals surface area contributed by atoms with Crippen LogP contribution in [-0.2, 0) is 28.6 Å². The van der Waals surface area contributed by atoms with Crippen LogP contribution >= 0.6 is 0 Å². The van der Waals surface area contributed by atoms with E-state index in [0.717, 1.165) is 89.3 Å². The Morgan fingerprint density at radius 2 is 1.43 bits per heavy atom. The number of pyridine rings is 1. The number of azo groups is 1. The summed E-state index contributed by atoms with van der Waals surface area (Å²) >= 11 is 0. The molecule has 1 atom stereocenters. The summed E-state index contributed by atoms with van der Waals surface area (Å²) in [6.45, 7) is 12.7. The first-order valence-corrected chi connectivity index (χ1v) is 21.6. The van der Waals surface area contributed by atoms with Crippen LogP contribution in [0, 0.1) is 12.8 Å². The molecule has 1 aromatic heterocycles. The predicted octanol–water partition coefficient (Wildman–Crippen LogP) is 8.19. The van der Waals surface area contributed by atoms with Crippen molar-refractivity contribution in [2.75, 3.05) is 26.3 Å². The minimum atomic E-state index is -4.50. The fourth-order valence-corrected chi connectivity index (χ4v) is 7.76. The van der Waals surface area contributed by atoms with Gasteiger partial charge in [0.25, 0.3) is 31.7 Å². The van der Waals surface area contributed by atoms with E-state index in [1.54, 1.807) is 6.92 Å². The molecule has 1 heterocycles. The number of carbonyl (C=O) groups is 2. The number of amides is 1. The highest BCUT2D eigenvalue weighted by atomic mass is 32.2. The quantitative estimate of drug-likeness (QED) is 0.0617. The maximum atomic E-state index is 14.0. The summed E-state index contributed by atoms with van der Waals surface area (Å²) in [5.41, 5.74) is -2.48.